The first kappa shape index (κ1) is 21.1. The zero-order chi connectivity index (χ0) is 23.4. The highest BCUT2D eigenvalue weighted by Crippen LogP contribution is 2.49. The zero-order valence-corrected chi connectivity index (χ0v) is 18.6. The molecular formula is C26H23F2N3O3. The summed E-state index contributed by atoms with van der Waals surface area (Å²) in [5.74, 6) is 7.55. The molecule has 3 aliphatic rings. The highest BCUT2D eigenvalue weighted by Gasteiger charge is 2.45. The third-order valence-electron chi connectivity index (χ3n) is 7.05. The fourth-order valence-electron chi connectivity index (χ4n) is 5.38. The van der Waals surface area contributed by atoms with Gasteiger partial charge in [-0.25, -0.2) is 4.98 Å². The largest absolute Gasteiger partial charge is 0.434 e. The van der Waals surface area contributed by atoms with Gasteiger partial charge in [-0.2, -0.15) is 8.78 Å². The summed E-state index contributed by atoms with van der Waals surface area (Å²) in [6.07, 6.45) is 2.42. The molecule has 3 aromatic rings. The lowest BCUT2D eigenvalue weighted by molar-refractivity contribution is -0.0507. The maximum Gasteiger partial charge on any atom is 0.387 e. The van der Waals surface area contributed by atoms with E-state index in [1.165, 1.54) is 6.07 Å². The van der Waals surface area contributed by atoms with E-state index >= 15 is 0 Å². The Morgan fingerprint density at radius 3 is 2.79 bits per heavy atom. The molecule has 8 heteroatoms. The predicted octanol–water partition coefficient (Wildman–Crippen LogP) is 4.54. The van der Waals surface area contributed by atoms with Gasteiger partial charge in [0.25, 0.3) is 5.91 Å². The van der Waals surface area contributed by atoms with Crippen molar-refractivity contribution < 1.29 is 23.0 Å². The van der Waals surface area contributed by atoms with Crippen molar-refractivity contribution in [3.8, 4) is 17.6 Å². The SMILES string of the molecule is CN1C(=O)c2cccc(OC(F)F)c2C2CC1c1nc3ccc(C#CC4CCOCC4)cc3n12. The number of fused-ring (bicyclic) bond motifs is 9. The van der Waals surface area contributed by atoms with Crippen LogP contribution < -0.4 is 4.74 Å². The van der Waals surface area contributed by atoms with E-state index in [1.807, 2.05) is 18.2 Å². The molecule has 2 bridgehead atoms. The maximum atomic E-state index is 13.2. The molecule has 1 fully saturated rings. The lowest BCUT2D eigenvalue weighted by Crippen LogP contribution is -2.30. The second kappa shape index (κ2) is 8.10. The Hall–Kier alpha value is -3.44. The summed E-state index contributed by atoms with van der Waals surface area (Å²) in [6, 6.07) is 10.1. The van der Waals surface area contributed by atoms with Crippen molar-refractivity contribution in [2.45, 2.75) is 38.0 Å². The summed E-state index contributed by atoms with van der Waals surface area (Å²) in [5.41, 5.74) is 3.41. The number of alkyl halides is 2. The van der Waals surface area contributed by atoms with Gasteiger partial charge >= 0.3 is 6.61 Å². The Morgan fingerprint density at radius 2 is 2.00 bits per heavy atom. The lowest BCUT2D eigenvalue weighted by atomic mass is 9.97. The van der Waals surface area contributed by atoms with E-state index in [-0.39, 0.29) is 23.7 Å². The number of ether oxygens (including phenoxy) is 2. The van der Waals surface area contributed by atoms with Gasteiger partial charge in [-0.1, -0.05) is 17.9 Å². The quantitative estimate of drug-likeness (QED) is 0.524. The molecule has 1 amide bonds. The summed E-state index contributed by atoms with van der Waals surface area (Å²) < 4.78 is 38.8. The number of hydrogen-bond donors (Lipinski definition) is 0. The fourth-order valence-corrected chi connectivity index (χ4v) is 5.38. The van der Waals surface area contributed by atoms with Gasteiger partial charge in [-0.15, -0.1) is 0 Å². The van der Waals surface area contributed by atoms with Crippen LogP contribution in [-0.4, -0.2) is 47.2 Å². The number of halogens is 2. The van der Waals surface area contributed by atoms with Gasteiger partial charge in [0.2, 0.25) is 0 Å². The minimum absolute atomic E-state index is 0.0325. The van der Waals surface area contributed by atoms with E-state index in [0.29, 0.717) is 23.5 Å². The van der Waals surface area contributed by atoms with Crippen LogP contribution in [0.5, 0.6) is 5.75 Å². The second-order valence-corrected chi connectivity index (χ2v) is 8.98. The van der Waals surface area contributed by atoms with Crippen LogP contribution in [0.4, 0.5) is 8.78 Å². The van der Waals surface area contributed by atoms with Gasteiger partial charge in [-0.3, -0.25) is 4.79 Å². The van der Waals surface area contributed by atoms with Gasteiger partial charge in [0.05, 0.1) is 23.1 Å². The number of aromatic nitrogens is 2. The van der Waals surface area contributed by atoms with E-state index in [0.717, 1.165) is 48.5 Å². The number of rotatable bonds is 2. The number of imidazole rings is 1. The van der Waals surface area contributed by atoms with Crippen LogP contribution in [0.2, 0.25) is 0 Å². The molecule has 2 aromatic carbocycles. The molecule has 0 aliphatic carbocycles. The summed E-state index contributed by atoms with van der Waals surface area (Å²) in [7, 11) is 1.74. The van der Waals surface area contributed by atoms with Crippen LogP contribution in [0.25, 0.3) is 11.0 Å². The molecule has 174 valence electrons. The fraction of sp³-hybridized carbons (Fsp3) is 0.385. The molecule has 2 unspecified atom stereocenters. The van der Waals surface area contributed by atoms with Gasteiger partial charge < -0.3 is 18.9 Å². The minimum atomic E-state index is -2.98. The van der Waals surface area contributed by atoms with E-state index in [1.54, 1.807) is 24.1 Å². The normalized spacial score (nSPS) is 21.8. The van der Waals surface area contributed by atoms with Gasteiger partial charge in [0.1, 0.15) is 11.6 Å². The van der Waals surface area contributed by atoms with Crippen LogP contribution in [0.1, 0.15) is 58.7 Å². The smallest absolute Gasteiger partial charge is 0.387 e. The zero-order valence-electron chi connectivity index (χ0n) is 18.6. The van der Waals surface area contributed by atoms with Crippen molar-refractivity contribution in [2.24, 2.45) is 5.92 Å². The van der Waals surface area contributed by atoms with Crippen LogP contribution >= 0.6 is 0 Å². The average Bonchev–Trinajstić information content (AvgIpc) is 3.36. The van der Waals surface area contributed by atoms with E-state index in [2.05, 4.69) is 16.4 Å². The number of hydrogen-bond acceptors (Lipinski definition) is 4. The van der Waals surface area contributed by atoms with E-state index in [9.17, 15) is 13.6 Å². The monoisotopic (exact) mass is 463 g/mol. The summed E-state index contributed by atoms with van der Waals surface area (Å²) >= 11 is 0. The average molecular weight is 463 g/mol. The first-order valence-corrected chi connectivity index (χ1v) is 11.5. The Morgan fingerprint density at radius 1 is 1.18 bits per heavy atom. The van der Waals surface area contributed by atoms with Gasteiger partial charge in [0.15, 0.2) is 0 Å². The van der Waals surface area contributed by atoms with Gasteiger partial charge in [0, 0.05) is 49.3 Å². The molecule has 3 aliphatic heterocycles. The van der Waals surface area contributed by atoms with Crippen LogP contribution in [0, 0.1) is 17.8 Å². The topological polar surface area (TPSA) is 56.6 Å². The van der Waals surface area contributed by atoms with E-state index in [4.69, 9.17) is 14.5 Å². The number of nitrogens with zero attached hydrogens (tertiary/aromatic N) is 3. The predicted molar refractivity (Wildman–Crippen MR) is 121 cm³/mol. The number of carbonyl (C=O) groups excluding carboxylic acids is 1. The van der Waals surface area contributed by atoms with Crippen molar-refractivity contribution in [2.75, 3.05) is 20.3 Å². The van der Waals surface area contributed by atoms with Crippen molar-refractivity contribution in [1.82, 2.24) is 14.5 Å². The van der Waals surface area contributed by atoms with E-state index < -0.39 is 6.61 Å². The summed E-state index contributed by atoms with van der Waals surface area (Å²) in [5, 5.41) is 0. The maximum absolute atomic E-state index is 13.2. The molecule has 1 aromatic heterocycles. The molecule has 6 rings (SSSR count). The molecule has 6 nitrogen and oxygen atoms in total. The number of benzene rings is 2. The summed E-state index contributed by atoms with van der Waals surface area (Å²) in [4.78, 5) is 19.7. The highest BCUT2D eigenvalue weighted by molar-refractivity contribution is 5.97. The first-order chi connectivity index (χ1) is 16.5. The molecule has 0 spiro atoms. The minimum Gasteiger partial charge on any atom is -0.434 e. The molecule has 2 atom stereocenters. The molecule has 4 heterocycles. The lowest BCUT2D eigenvalue weighted by Gasteiger charge is -2.24. The van der Waals surface area contributed by atoms with Crippen molar-refractivity contribution in [3.63, 3.8) is 0 Å². The van der Waals surface area contributed by atoms with Crippen molar-refractivity contribution in [3.05, 3.63) is 58.9 Å². The number of carbonyl (C=O) groups is 1. The third-order valence-corrected chi connectivity index (χ3v) is 7.05. The molecule has 0 N–H and O–H groups in total. The Bertz CT molecular complexity index is 1350. The highest BCUT2D eigenvalue weighted by atomic mass is 19.3. The Balaban J connectivity index is 1.49. The standard InChI is InChI=1S/C26H23F2N3O3/c1-30-21-14-20(23-17(25(30)32)3-2-4-22(23)34-26(27)28)31-19-13-16(7-8-18(19)29-24(21)31)6-5-15-9-11-33-12-10-15/h2-4,7-8,13,15,20-21,26H,9-12,14H2,1H3. The van der Waals surface area contributed by atoms with Crippen molar-refractivity contribution in [1.29, 1.82) is 0 Å². The molecular weight excluding hydrogens is 440 g/mol. The second-order valence-electron chi connectivity index (χ2n) is 8.98. The number of amides is 1. The van der Waals surface area contributed by atoms with Gasteiger partial charge in [-0.05, 0) is 43.2 Å². The van der Waals surface area contributed by atoms with Crippen molar-refractivity contribution >= 4 is 16.9 Å². The first-order valence-electron chi connectivity index (χ1n) is 11.5. The van der Waals surface area contributed by atoms with Crippen LogP contribution in [0.3, 0.4) is 0 Å². The molecule has 34 heavy (non-hydrogen) atoms. The Kier molecular flexibility index (Phi) is 5.03. The van der Waals surface area contributed by atoms with Crippen LogP contribution in [0.15, 0.2) is 36.4 Å². The summed E-state index contributed by atoms with van der Waals surface area (Å²) in [6.45, 7) is -1.50. The third kappa shape index (κ3) is 3.34. The molecule has 0 saturated carbocycles. The molecule has 1 saturated heterocycles. The Labute approximate surface area is 195 Å². The van der Waals surface area contributed by atoms with Crippen LogP contribution in [-0.2, 0) is 4.74 Å². The molecule has 0 radical (unpaired) electrons.